The maximum Gasteiger partial charge on any atom is 0.142 e. The van der Waals surface area contributed by atoms with Crippen molar-refractivity contribution >= 4 is 11.6 Å². The second-order valence-electron chi connectivity index (χ2n) is 4.34. The Bertz CT molecular complexity index is 596. The van der Waals surface area contributed by atoms with Crippen molar-refractivity contribution in [2.75, 3.05) is 6.54 Å². The summed E-state index contributed by atoms with van der Waals surface area (Å²) < 4.78 is 40.2. The number of rotatable bonds is 4. The van der Waals surface area contributed by atoms with E-state index in [4.69, 9.17) is 11.6 Å². The largest absolute Gasteiger partial charge is 0.306 e. The average Bonchev–Trinajstić information content (AvgIpc) is 2.38. The van der Waals surface area contributed by atoms with E-state index >= 15 is 0 Å². The van der Waals surface area contributed by atoms with Gasteiger partial charge in [-0.2, -0.15) is 0 Å². The normalized spacial score (nSPS) is 12.4. The molecule has 0 aliphatic rings. The van der Waals surface area contributed by atoms with Crippen molar-refractivity contribution in [2.24, 2.45) is 0 Å². The van der Waals surface area contributed by atoms with Crippen LogP contribution in [0.2, 0.25) is 5.02 Å². The summed E-state index contributed by atoms with van der Waals surface area (Å²) in [5.41, 5.74) is 0.801. The topological polar surface area (TPSA) is 12.0 Å². The number of hydrogen-bond acceptors (Lipinski definition) is 1. The van der Waals surface area contributed by atoms with Crippen LogP contribution in [0.25, 0.3) is 0 Å². The first-order valence-electron chi connectivity index (χ1n) is 6.16. The van der Waals surface area contributed by atoms with Crippen molar-refractivity contribution in [2.45, 2.75) is 13.0 Å². The van der Waals surface area contributed by atoms with E-state index in [-0.39, 0.29) is 5.02 Å². The Morgan fingerprint density at radius 1 is 1.10 bits per heavy atom. The summed E-state index contributed by atoms with van der Waals surface area (Å²) in [4.78, 5) is 0. The van der Waals surface area contributed by atoms with Gasteiger partial charge in [0.1, 0.15) is 17.5 Å². The van der Waals surface area contributed by atoms with E-state index in [1.807, 2.05) is 6.92 Å². The van der Waals surface area contributed by atoms with Gasteiger partial charge >= 0.3 is 0 Å². The van der Waals surface area contributed by atoms with Crippen LogP contribution >= 0.6 is 11.6 Å². The molecule has 1 atom stereocenters. The minimum absolute atomic E-state index is 0.0527. The maximum absolute atomic E-state index is 13.5. The molecule has 1 N–H and O–H groups in total. The summed E-state index contributed by atoms with van der Waals surface area (Å²) in [7, 11) is 0. The Balaban J connectivity index is 2.53. The second kappa shape index (κ2) is 6.29. The fourth-order valence-corrected chi connectivity index (χ4v) is 2.33. The van der Waals surface area contributed by atoms with E-state index in [1.54, 1.807) is 6.07 Å². The van der Waals surface area contributed by atoms with Crippen molar-refractivity contribution in [3.05, 3.63) is 70.0 Å². The molecule has 2 rings (SSSR count). The highest BCUT2D eigenvalue weighted by atomic mass is 35.5. The molecule has 106 valence electrons. The minimum atomic E-state index is -0.685. The van der Waals surface area contributed by atoms with Gasteiger partial charge in [-0.1, -0.05) is 30.7 Å². The highest BCUT2D eigenvalue weighted by molar-refractivity contribution is 6.31. The van der Waals surface area contributed by atoms with Crippen molar-refractivity contribution in [1.29, 1.82) is 0 Å². The van der Waals surface area contributed by atoms with Gasteiger partial charge in [0.2, 0.25) is 0 Å². The van der Waals surface area contributed by atoms with Crippen molar-refractivity contribution in [3.63, 3.8) is 0 Å². The summed E-state index contributed by atoms with van der Waals surface area (Å²) in [5.74, 6) is -1.94. The van der Waals surface area contributed by atoms with E-state index in [0.29, 0.717) is 17.7 Å². The summed E-state index contributed by atoms with van der Waals surface area (Å²) in [6.45, 7) is 2.38. The molecule has 0 saturated carbocycles. The zero-order valence-corrected chi connectivity index (χ0v) is 11.5. The van der Waals surface area contributed by atoms with Crippen molar-refractivity contribution < 1.29 is 13.2 Å². The lowest BCUT2D eigenvalue weighted by atomic mass is 9.98. The van der Waals surface area contributed by atoms with Gasteiger partial charge in [-0.15, -0.1) is 0 Å². The molecule has 2 aromatic carbocycles. The first-order valence-corrected chi connectivity index (χ1v) is 6.54. The van der Waals surface area contributed by atoms with Crippen LogP contribution in [0.4, 0.5) is 13.2 Å². The monoisotopic (exact) mass is 299 g/mol. The molecule has 0 radical (unpaired) electrons. The number of hydrogen-bond donors (Lipinski definition) is 1. The molecule has 0 heterocycles. The first kappa shape index (κ1) is 14.9. The van der Waals surface area contributed by atoms with Crippen LogP contribution in [-0.4, -0.2) is 6.54 Å². The van der Waals surface area contributed by atoms with Gasteiger partial charge in [-0.05, 0) is 35.9 Å². The van der Waals surface area contributed by atoms with Crippen LogP contribution in [0.3, 0.4) is 0 Å². The third-order valence-electron chi connectivity index (χ3n) is 2.92. The quantitative estimate of drug-likeness (QED) is 0.879. The van der Waals surface area contributed by atoms with Crippen LogP contribution in [-0.2, 0) is 0 Å². The lowest BCUT2D eigenvalue weighted by molar-refractivity contribution is 0.563. The summed E-state index contributed by atoms with van der Waals surface area (Å²) in [5, 5.41) is 3.00. The van der Waals surface area contributed by atoms with E-state index in [0.717, 1.165) is 6.07 Å². The zero-order valence-electron chi connectivity index (χ0n) is 10.8. The van der Waals surface area contributed by atoms with Gasteiger partial charge in [0, 0.05) is 6.07 Å². The molecule has 5 heteroatoms. The third kappa shape index (κ3) is 3.14. The minimum Gasteiger partial charge on any atom is -0.306 e. The number of nitrogens with one attached hydrogen (secondary N) is 1. The Labute approximate surface area is 120 Å². The van der Waals surface area contributed by atoms with Gasteiger partial charge < -0.3 is 5.32 Å². The Morgan fingerprint density at radius 3 is 2.35 bits per heavy atom. The Hall–Kier alpha value is -1.52. The van der Waals surface area contributed by atoms with Crippen LogP contribution in [0.15, 0.2) is 36.4 Å². The summed E-state index contributed by atoms with van der Waals surface area (Å²) in [6, 6.07) is 7.00. The predicted octanol–water partition coefficient (Wildman–Crippen LogP) is 4.46. The van der Waals surface area contributed by atoms with Crippen LogP contribution in [0.1, 0.15) is 24.1 Å². The molecule has 1 unspecified atom stereocenters. The lowest BCUT2D eigenvalue weighted by Gasteiger charge is -2.20. The summed E-state index contributed by atoms with van der Waals surface area (Å²) >= 11 is 5.95. The van der Waals surface area contributed by atoms with Gasteiger partial charge in [0.15, 0.2) is 0 Å². The van der Waals surface area contributed by atoms with Gasteiger partial charge in [-0.25, -0.2) is 13.2 Å². The molecule has 0 aliphatic heterocycles. The van der Waals surface area contributed by atoms with Gasteiger partial charge in [0.05, 0.1) is 11.1 Å². The maximum atomic E-state index is 13.5. The van der Waals surface area contributed by atoms with E-state index in [9.17, 15) is 13.2 Å². The molecule has 1 nitrogen and oxygen atoms in total. The highest BCUT2D eigenvalue weighted by Crippen LogP contribution is 2.30. The van der Waals surface area contributed by atoms with Crippen LogP contribution in [0.5, 0.6) is 0 Å². The molecule has 0 fully saturated rings. The molecule has 0 aliphatic carbocycles. The van der Waals surface area contributed by atoms with Gasteiger partial charge in [-0.3, -0.25) is 0 Å². The Morgan fingerprint density at radius 2 is 1.75 bits per heavy atom. The molecular weight excluding hydrogens is 287 g/mol. The van der Waals surface area contributed by atoms with E-state index < -0.39 is 23.5 Å². The molecule has 0 aromatic heterocycles. The fourth-order valence-electron chi connectivity index (χ4n) is 2.10. The lowest BCUT2D eigenvalue weighted by Crippen LogP contribution is -2.22. The molecule has 20 heavy (non-hydrogen) atoms. The molecular formula is C15H13ClF3N. The SMILES string of the molecule is CCNC(c1cc(F)cc(F)c1)c1cccc(F)c1Cl. The molecule has 2 aromatic rings. The number of benzene rings is 2. The smallest absolute Gasteiger partial charge is 0.142 e. The van der Waals surface area contributed by atoms with E-state index in [1.165, 1.54) is 24.3 Å². The first-order chi connectivity index (χ1) is 9.52. The van der Waals surface area contributed by atoms with E-state index in [2.05, 4.69) is 5.32 Å². The van der Waals surface area contributed by atoms with Crippen LogP contribution < -0.4 is 5.32 Å². The van der Waals surface area contributed by atoms with Gasteiger partial charge in [0.25, 0.3) is 0 Å². The zero-order chi connectivity index (χ0) is 14.7. The average molecular weight is 300 g/mol. The highest BCUT2D eigenvalue weighted by Gasteiger charge is 2.19. The number of halogens is 4. The summed E-state index contributed by atoms with van der Waals surface area (Å²) in [6.07, 6.45) is 0. The standard InChI is InChI=1S/C15H13ClF3N/c1-2-20-15(9-6-10(17)8-11(18)7-9)12-4-3-5-13(19)14(12)16/h3-8,15,20H,2H2,1H3. The molecule has 0 amide bonds. The Kier molecular flexibility index (Phi) is 4.68. The van der Waals surface area contributed by atoms with Crippen LogP contribution in [0, 0.1) is 17.5 Å². The van der Waals surface area contributed by atoms with Crippen molar-refractivity contribution in [3.8, 4) is 0 Å². The predicted molar refractivity (Wildman–Crippen MR) is 73.3 cm³/mol. The fraction of sp³-hybridized carbons (Fsp3) is 0.200. The van der Waals surface area contributed by atoms with Crippen molar-refractivity contribution in [1.82, 2.24) is 5.32 Å². The molecule has 0 bridgehead atoms. The molecule has 0 spiro atoms. The second-order valence-corrected chi connectivity index (χ2v) is 4.71. The molecule has 0 saturated heterocycles. The third-order valence-corrected chi connectivity index (χ3v) is 3.32.